The number of carbonyl (C=O) groups is 1. The highest BCUT2D eigenvalue weighted by Crippen LogP contribution is 2.10. The molecule has 0 aromatic carbocycles. The first-order valence-electron chi connectivity index (χ1n) is 5.24. The molecule has 0 aliphatic carbocycles. The highest BCUT2D eigenvalue weighted by atomic mass is 32.1. The third kappa shape index (κ3) is 4.80. The van der Waals surface area contributed by atoms with Gasteiger partial charge in [0.05, 0.1) is 17.2 Å². The fourth-order valence-corrected chi connectivity index (χ4v) is 2.05. The van der Waals surface area contributed by atoms with Crippen LogP contribution in [0.25, 0.3) is 0 Å². The summed E-state index contributed by atoms with van der Waals surface area (Å²) in [7, 11) is 1.61. The van der Waals surface area contributed by atoms with Crippen molar-refractivity contribution in [2.75, 3.05) is 26.8 Å². The summed E-state index contributed by atoms with van der Waals surface area (Å²) < 4.78 is 4.99. The quantitative estimate of drug-likeness (QED) is 0.765. The fraction of sp³-hybridized carbons (Fsp3) is 0.455. The third-order valence-electron chi connectivity index (χ3n) is 2.25. The number of thiophene rings is 1. The van der Waals surface area contributed by atoms with Gasteiger partial charge in [-0.15, -0.1) is 0 Å². The van der Waals surface area contributed by atoms with Gasteiger partial charge in [0.25, 0.3) is 5.91 Å². The van der Waals surface area contributed by atoms with Crippen LogP contribution < -0.4 is 5.73 Å². The first kappa shape index (κ1) is 14.1. The number of methoxy groups -OCH3 is 1. The summed E-state index contributed by atoms with van der Waals surface area (Å²) in [5.74, 6) is -0.000417. The highest BCUT2D eigenvalue weighted by molar-refractivity contribution is 7.80. The summed E-state index contributed by atoms with van der Waals surface area (Å²) in [5.41, 5.74) is 6.16. The lowest BCUT2D eigenvalue weighted by molar-refractivity contribution is 0.0702. The van der Waals surface area contributed by atoms with Crippen molar-refractivity contribution in [2.24, 2.45) is 5.73 Å². The van der Waals surface area contributed by atoms with E-state index in [2.05, 4.69) is 0 Å². The number of thiocarbonyl (C=S) groups is 1. The standard InChI is InChI=1S/C11H16N2O2S2/c1-15-6-5-13(4-2-10(12)16)11(14)9-3-7-17-8-9/h3,7-8H,2,4-6H2,1H3,(H2,12,16). The van der Waals surface area contributed by atoms with Crippen molar-refractivity contribution in [3.8, 4) is 0 Å². The minimum absolute atomic E-state index is 0.000417. The van der Waals surface area contributed by atoms with Crippen LogP contribution in [-0.2, 0) is 4.74 Å². The molecule has 4 nitrogen and oxygen atoms in total. The summed E-state index contributed by atoms with van der Waals surface area (Å²) >= 11 is 6.33. The van der Waals surface area contributed by atoms with Crippen LogP contribution in [0.15, 0.2) is 16.8 Å². The van der Waals surface area contributed by atoms with Crippen molar-refractivity contribution in [3.63, 3.8) is 0 Å². The van der Waals surface area contributed by atoms with Gasteiger partial charge >= 0.3 is 0 Å². The molecule has 1 aromatic heterocycles. The molecule has 0 aliphatic heterocycles. The van der Waals surface area contributed by atoms with Gasteiger partial charge in [-0.1, -0.05) is 12.2 Å². The van der Waals surface area contributed by atoms with Crippen LogP contribution in [0.5, 0.6) is 0 Å². The zero-order valence-electron chi connectivity index (χ0n) is 9.72. The van der Waals surface area contributed by atoms with Crippen LogP contribution in [0.3, 0.4) is 0 Å². The van der Waals surface area contributed by atoms with Gasteiger partial charge in [0.2, 0.25) is 0 Å². The Labute approximate surface area is 110 Å². The first-order chi connectivity index (χ1) is 8.15. The van der Waals surface area contributed by atoms with Gasteiger partial charge in [-0.05, 0) is 11.4 Å². The van der Waals surface area contributed by atoms with Gasteiger partial charge in [0.15, 0.2) is 0 Å². The zero-order valence-corrected chi connectivity index (χ0v) is 11.4. The third-order valence-corrected chi connectivity index (χ3v) is 3.14. The Morgan fingerprint density at radius 3 is 2.88 bits per heavy atom. The number of carbonyl (C=O) groups excluding carboxylic acids is 1. The molecular weight excluding hydrogens is 256 g/mol. The maximum absolute atomic E-state index is 12.1. The lowest BCUT2D eigenvalue weighted by Gasteiger charge is -2.21. The van der Waals surface area contributed by atoms with E-state index in [1.165, 1.54) is 11.3 Å². The Balaban J connectivity index is 2.61. The molecule has 0 radical (unpaired) electrons. The van der Waals surface area contributed by atoms with Crippen LogP contribution in [0, 0.1) is 0 Å². The smallest absolute Gasteiger partial charge is 0.254 e. The van der Waals surface area contributed by atoms with Crippen LogP contribution in [0.4, 0.5) is 0 Å². The Bertz CT molecular complexity index is 366. The summed E-state index contributed by atoms with van der Waals surface area (Å²) in [6.07, 6.45) is 0.537. The molecule has 2 N–H and O–H groups in total. The number of nitrogens with two attached hydrogens (primary N) is 1. The van der Waals surface area contributed by atoms with E-state index in [1.54, 1.807) is 12.0 Å². The Morgan fingerprint density at radius 2 is 2.35 bits per heavy atom. The number of hydrogen-bond acceptors (Lipinski definition) is 4. The monoisotopic (exact) mass is 272 g/mol. The van der Waals surface area contributed by atoms with E-state index in [9.17, 15) is 4.79 Å². The molecule has 1 rings (SSSR count). The molecule has 1 aromatic rings. The molecule has 1 heterocycles. The van der Waals surface area contributed by atoms with Crippen molar-refractivity contribution < 1.29 is 9.53 Å². The molecule has 0 unspecified atom stereocenters. The minimum Gasteiger partial charge on any atom is -0.393 e. The van der Waals surface area contributed by atoms with Gasteiger partial charge in [-0.2, -0.15) is 11.3 Å². The average molecular weight is 272 g/mol. The number of rotatable bonds is 7. The zero-order chi connectivity index (χ0) is 12.7. The SMILES string of the molecule is COCCN(CCC(N)=S)C(=O)c1ccsc1. The molecule has 0 fully saturated rings. The highest BCUT2D eigenvalue weighted by Gasteiger charge is 2.15. The maximum Gasteiger partial charge on any atom is 0.254 e. The second kappa shape index (κ2) is 7.37. The van der Waals surface area contributed by atoms with Gasteiger partial charge < -0.3 is 15.4 Å². The minimum atomic E-state index is -0.000417. The molecule has 0 saturated heterocycles. The van der Waals surface area contributed by atoms with Crippen LogP contribution in [-0.4, -0.2) is 42.6 Å². The van der Waals surface area contributed by atoms with Gasteiger partial charge in [0.1, 0.15) is 0 Å². The predicted molar refractivity (Wildman–Crippen MR) is 73.5 cm³/mol. The van der Waals surface area contributed by atoms with Crippen LogP contribution >= 0.6 is 23.6 Å². The van der Waals surface area contributed by atoms with Crippen molar-refractivity contribution in [2.45, 2.75) is 6.42 Å². The molecule has 94 valence electrons. The van der Waals surface area contributed by atoms with Crippen LogP contribution in [0.2, 0.25) is 0 Å². The lowest BCUT2D eigenvalue weighted by atomic mass is 10.2. The van der Waals surface area contributed by atoms with Crippen molar-refractivity contribution >= 4 is 34.5 Å². The summed E-state index contributed by atoms with van der Waals surface area (Å²) in [6.45, 7) is 1.59. The predicted octanol–water partition coefficient (Wildman–Crippen LogP) is 1.51. The Hall–Kier alpha value is -0.980. The number of hydrogen-bond donors (Lipinski definition) is 1. The molecule has 17 heavy (non-hydrogen) atoms. The molecule has 0 bridgehead atoms. The summed E-state index contributed by atoms with van der Waals surface area (Å²) in [5, 5.41) is 3.72. The van der Waals surface area contributed by atoms with E-state index >= 15 is 0 Å². The van der Waals surface area contributed by atoms with Gasteiger partial charge in [-0.25, -0.2) is 0 Å². The van der Waals surface area contributed by atoms with E-state index in [0.717, 1.165) is 0 Å². The fourth-order valence-electron chi connectivity index (χ4n) is 1.33. The van der Waals surface area contributed by atoms with E-state index in [-0.39, 0.29) is 5.91 Å². The topological polar surface area (TPSA) is 55.6 Å². The second-order valence-corrected chi connectivity index (χ2v) is 4.82. The number of ether oxygens (including phenoxy) is 1. The van der Waals surface area contributed by atoms with E-state index < -0.39 is 0 Å². The van der Waals surface area contributed by atoms with Crippen molar-refractivity contribution in [3.05, 3.63) is 22.4 Å². The average Bonchev–Trinajstić information content (AvgIpc) is 2.81. The Kier molecular flexibility index (Phi) is 6.10. The maximum atomic E-state index is 12.1. The molecule has 0 atom stereocenters. The molecule has 1 amide bonds. The number of amides is 1. The van der Waals surface area contributed by atoms with E-state index in [4.69, 9.17) is 22.7 Å². The number of nitrogens with zero attached hydrogens (tertiary/aromatic N) is 1. The Morgan fingerprint density at radius 1 is 1.59 bits per heavy atom. The van der Waals surface area contributed by atoms with Crippen molar-refractivity contribution in [1.82, 2.24) is 4.90 Å². The van der Waals surface area contributed by atoms with Gasteiger partial charge in [0, 0.05) is 32.0 Å². The normalized spacial score (nSPS) is 10.2. The summed E-state index contributed by atoms with van der Waals surface area (Å²) in [6, 6.07) is 1.81. The first-order valence-corrected chi connectivity index (χ1v) is 6.59. The largest absolute Gasteiger partial charge is 0.393 e. The molecule has 0 aliphatic rings. The lowest BCUT2D eigenvalue weighted by Crippen LogP contribution is -2.36. The second-order valence-electron chi connectivity index (χ2n) is 3.51. The van der Waals surface area contributed by atoms with Crippen LogP contribution in [0.1, 0.15) is 16.8 Å². The molecular formula is C11H16N2O2S2. The molecule has 6 heteroatoms. The van der Waals surface area contributed by atoms with E-state index in [1.807, 2.05) is 16.8 Å². The molecule has 0 spiro atoms. The van der Waals surface area contributed by atoms with E-state index in [0.29, 0.717) is 36.7 Å². The molecule has 0 saturated carbocycles. The van der Waals surface area contributed by atoms with Crippen molar-refractivity contribution in [1.29, 1.82) is 0 Å². The van der Waals surface area contributed by atoms with Gasteiger partial charge in [-0.3, -0.25) is 4.79 Å². The summed E-state index contributed by atoms with van der Waals surface area (Å²) in [4.78, 5) is 14.3.